The number of carbonyl (C=O) groups excluding carboxylic acids is 2. The number of nitrogens with one attached hydrogen (secondary N) is 2. The molecule has 0 radical (unpaired) electrons. The maximum absolute atomic E-state index is 12.0. The van der Waals surface area contributed by atoms with Crippen LogP contribution in [0.25, 0.3) is 0 Å². The largest absolute Gasteiger partial charge is 0.444 e. The molecule has 8 heteroatoms. The molecule has 1 unspecified atom stereocenters. The van der Waals surface area contributed by atoms with Gasteiger partial charge in [0.05, 0.1) is 0 Å². The molecule has 0 spiro atoms. The Morgan fingerprint density at radius 3 is 2.55 bits per heavy atom. The second-order valence-electron chi connectivity index (χ2n) is 5.32. The number of nitrogens with zero attached hydrogens (tertiary/aromatic N) is 1. The van der Waals surface area contributed by atoms with Crippen LogP contribution in [0.4, 0.5) is 10.6 Å². The van der Waals surface area contributed by atoms with Gasteiger partial charge in [0.2, 0.25) is 5.91 Å². The number of likely N-dealkylation sites (N-methyl/N-ethyl adjacent to an activating group) is 1. The summed E-state index contributed by atoms with van der Waals surface area (Å²) in [5.41, 5.74) is -0.597. The number of aromatic amines is 1. The highest BCUT2D eigenvalue weighted by molar-refractivity contribution is 7.73. The summed E-state index contributed by atoms with van der Waals surface area (Å²) < 4.78 is 5.79. The lowest BCUT2D eigenvalue weighted by atomic mass is 10.2. The van der Waals surface area contributed by atoms with E-state index in [0.717, 1.165) is 0 Å². The minimum absolute atomic E-state index is 0.317. The molecule has 2 amide bonds. The van der Waals surface area contributed by atoms with Crippen LogP contribution in [-0.4, -0.2) is 40.6 Å². The monoisotopic (exact) mass is 317 g/mol. The van der Waals surface area contributed by atoms with Crippen LogP contribution in [0.15, 0.2) is 5.38 Å². The van der Waals surface area contributed by atoms with Crippen LogP contribution in [0.2, 0.25) is 0 Å². The van der Waals surface area contributed by atoms with Crippen molar-refractivity contribution in [3.8, 4) is 0 Å². The zero-order valence-electron chi connectivity index (χ0n) is 12.1. The van der Waals surface area contributed by atoms with Crippen molar-refractivity contribution >= 4 is 41.4 Å². The van der Waals surface area contributed by atoms with Gasteiger partial charge in [0.1, 0.15) is 17.5 Å². The van der Waals surface area contributed by atoms with E-state index < -0.39 is 17.7 Å². The Labute approximate surface area is 127 Å². The zero-order chi connectivity index (χ0) is 15.5. The van der Waals surface area contributed by atoms with Crippen LogP contribution in [0.1, 0.15) is 27.7 Å². The van der Waals surface area contributed by atoms with E-state index >= 15 is 0 Å². The van der Waals surface area contributed by atoms with Crippen molar-refractivity contribution < 1.29 is 14.3 Å². The number of ether oxygens (including phenoxy) is 1. The molecule has 1 aromatic rings. The third-order valence-corrected chi connectivity index (χ3v) is 3.48. The molecule has 1 aromatic heterocycles. The van der Waals surface area contributed by atoms with E-state index in [1.807, 2.05) is 0 Å². The third kappa shape index (κ3) is 4.93. The number of aromatic nitrogens is 1. The first-order valence-corrected chi connectivity index (χ1v) is 7.33. The van der Waals surface area contributed by atoms with Crippen LogP contribution < -0.4 is 5.32 Å². The Hall–Kier alpha value is -1.41. The average molecular weight is 317 g/mol. The van der Waals surface area contributed by atoms with Gasteiger partial charge in [0.15, 0.2) is 3.95 Å². The predicted molar refractivity (Wildman–Crippen MR) is 81.6 cm³/mol. The topological polar surface area (TPSA) is 74.4 Å². The fourth-order valence-corrected chi connectivity index (χ4v) is 2.01. The number of rotatable bonds is 3. The van der Waals surface area contributed by atoms with Crippen molar-refractivity contribution in [1.82, 2.24) is 9.88 Å². The lowest BCUT2D eigenvalue weighted by Crippen LogP contribution is -2.45. The van der Waals surface area contributed by atoms with Gasteiger partial charge in [-0.25, -0.2) is 4.79 Å². The highest BCUT2D eigenvalue weighted by atomic mass is 32.1. The molecule has 0 aliphatic heterocycles. The van der Waals surface area contributed by atoms with Gasteiger partial charge < -0.3 is 15.0 Å². The van der Waals surface area contributed by atoms with Gasteiger partial charge in [-0.1, -0.05) is 0 Å². The Bertz CT molecular complexity index is 545. The number of thiazole rings is 1. The van der Waals surface area contributed by atoms with Gasteiger partial charge in [0, 0.05) is 12.4 Å². The number of hydrogen-bond donors (Lipinski definition) is 2. The summed E-state index contributed by atoms with van der Waals surface area (Å²) in [6, 6.07) is -0.660. The van der Waals surface area contributed by atoms with Crippen LogP contribution >= 0.6 is 23.6 Å². The van der Waals surface area contributed by atoms with Crippen LogP contribution in [0, 0.1) is 3.95 Å². The van der Waals surface area contributed by atoms with Crippen LogP contribution in [0.5, 0.6) is 0 Å². The van der Waals surface area contributed by atoms with Gasteiger partial charge in [-0.3, -0.25) is 9.69 Å². The van der Waals surface area contributed by atoms with Gasteiger partial charge in [-0.05, 0) is 39.9 Å². The number of H-pyrrole nitrogens is 1. The van der Waals surface area contributed by atoms with Crippen molar-refractivity contribution in [3.63, 3.8) is 0 Å². The van der Waals surface area contributed by atoms with E-state index in [1.165, 1.54) is 23.3 Å². The van der Waals surface area contributed by atoms with E-state index in [2.05, 4.69) is 10.3 Å². The third-order valence-electron chi connectivity index (χ3n) is 2.42. The number of hydrogen-bond acceptors (Lipinski definition) is 5. The number of carbonyl (C=O) groups is 2. The predicted octanol–water partition coefficient (Wildman–Crippen LogP) is 3.00. The molecule has 6 nitrogen and oxygen atoms in total. The molecular formula is C12H19N3O3S2. The van der Waals surface area contributed by atoms with Gasteiger partial charge in [-0.15, -0.1) is 11.3 Å². The molecule has 0 saturated heterocycles. The van der Waals surface area contributed by atoms with E-state index in [9.17, 15) is 9.59 Å². The summed E-state index contributed by atoms with van der Waals surface area (Å²) >= 11 is 6.25. The second kappa shape index (κ2) is 6.36. The number of amides is 2. The Balaban J connectivity index is 2.64. The molecule has 0 fully saturated rings. The van der Waals surface area contributed by atoms with E-state index in [-0.39, 0.29) is 5.91 Å². The van der Waals surface area contributed by atoms with E-state index in [1.54, 1.807) is 33.1 Å². The molecule has 20 heavy (non-hydrogen) atoms. The molecule has 1 rings (SSSR count). The highest BCUT2D eigenvalue weighted by Crippen LogP contribution is 2.13. The molecule has 0 aromatic carbocycles. The minimum atomic E-state index is -0.660. The van der Waals surface area contributed by atoms with Crippen molar-refractivity contribution in [2.75, 3.05) is 12.4 Å². The maximum atomic E-state index is 12.0. The van der Waals surface area contributed by atoms with E-state index in [4.69, 9.17) is 17.0 Å². The SMILES string of the molecule is CC(C(=O)Nc1csc(=S)[nH]1)N(C)C(=O)OC(C)(C)C. The molecule has 0 saturated carbocycles. The average Bonchev–Trinajstić information content (AvgIpc) is 2.70. The standard InChI is InChI=1S/C12H19N3O3S2/c1-7(15(5)11(17)18-12(2,3)4)9(16)13-8-6-20-10(19)14-8/h6-7H,1-5H3,(H,13,16)(H,14,19). The van der Waals surface area contributed by atoms with Crippen molar-refractivity contribution in [3.05, 3.63) is 9.33 Å². The fourth-order valence-electron chi connectivity index (χ4n) is 1.25. The second-order valence-corrected chi connectivity index (χ2v) is 6.86. The normalized spacial score (nSPS) is 12.7. The van der Waals surface area contributed by atoms with Crippen molar-refractivity contribution in [2.45, 2.75) is 39.3 Å². The summed E-state index contributed by atoms with van der Waals surface area (Å²) in [4.78, 5) is 28.0. The van der Waals surface area contributed by atoms with Gasteiger partial charge in [-0.2, -0.15) is 0 Å². The molecule has 0 aliphatic rings. The van der Waals surface area contributed by atoms with Crippen LogP contribution in [0.3, 0.4) is 0 Å². The first kappa shape index (κ1) is 16.6. The fraction of sp³-hybridized carbons (Fsp3) is 0.583. The van der Waals surface area contributed by atoms with Gasteiger partial charge >= 0.3 is 6.09 Å². The summed E-state index contributed by atoms with van der Waals surface area (Å²) in [6.07, 6.45) is -0.543. The molecular weight excluding hydrogens is 298 g/mol. The molecule has 0 bridgehead atoms. The summed E-state index contributed by atoms with van der Waals surface area (Å²) in [6.45, 7) is 6.94. The molecule has 2 N–H and O–H groups in total. The maximum Gasteiger partial charge on any atom is 0.410 e. The quantitative estimate of drug-likeness (QED) is 0.840. The first-order valence-electron chi connectivity index (χ1n) is 6.04. The Morgan fingerprint density at radius 2 is 2.10 bits per heavy atom. The summed E-state index contributed by atoms with van der Waals surface area (Å²) in [5.74, 6) is 0.205. The highest BCUT2D eigenvalue weighted by Gasteiger charge is 2.27. The summed E-state index contributed by atoms with van der Waals surface area (Å²) in [5, 5.41) is 4.37. The van der Waals surface area contributed by atoms with E-state index in [0.29, 0.717) is 9.77 Å². The van der Waals surface area contributed by atoms with Crippen molar-refractivity contribution in [1.29, 1.82) is 0 Å². The summed E-state index contributed by atoms with van der Waals surface area (Å²) in [7, 11) is 1.52. The minimum Gasteiger partial charge on any atom is -0.444 e. The lowest BCUT2D eigenvalue weighted by molar-refractivity contribution is -0.120. The zero-order valence-corrected chi connectivity index (χ0v) is 13.8. The van der Waals surface area contributed by atoms with Crippen LogP contribution in [-0.2, 0) is 9.53 Å². The first-order chi connectivity index (χ1) is 9.10. The van der Waals surface area contributed by atoms with Crippen molar-refractivity contribution in [2.24, 2.45) is 0 Å². The lowest BCUT2D eigenvalue weighted by Gasteiger charge is -2.27. The smallest absolute Gasteiger partial charge is 0.410 e. The Kier molecular flexibility index (Phi) is 5.29. The molecule has 1 heterocycles. The van der Waals surface area contributed by atoms with Gasteiger partial charge in [0.25, 0.3) is 0 Å². The molecule has 0 aliphatic carbocycles. The number of anilines is 1. The molecule has 112 valence electrons. The Morgan fingerprint density at radius 1 is 1.50 bits per heavy atom. The molecule has 1 atom stereocenters.